The van der Waals surface area contributed by atoms with E-state index in [2.05, 4.69) is 17.2 Å². The van der Waals surface area contributed by atoms with Gasteiger partial charge in [-0.3, -0.25) is 4.79 Å². The van der Waals surface area contributed by atoms with Gasteiger partial charge in [-0.1, -0.05) is 6.08 Å². The maximum Gasteiger partial charge on any atom is 0.404 e. The number of hydrogen-bond donors (Lipinski definition) is 2. The van der Waals surface area contributed by atoms with Gasteiger partial charge >= 0.3 is 6.18 Å². The van der Waals surface area contributed by atoms with Crippen LogP contribution in [0.2, 0.25) is 0 Å². The molecule has 0 spiro atoms. The second kappa shape index (κ2) is 6.47. The number of carbonyl (C=O) groups is 1. The number of thioether (sulfide) groups is 1. The summed E-state index contributed by atoms with van der Waals surface area (Å²) in [5.41, 5.74) is -2.25. The highest BCUT2D eigenvalue weighted by Gasteiger charge is 2.61. The van der Waals surface area contributed by atoms with E-state index in [4.69, 9.17) is 0 Å². The molecule has 3 nitrogen and oxygen atoms in total. The number of amides is 1. The van der Waals surface area contributed by atoms with E-state index < -0.39 is 17.5 Å². The Morgan fingerprint density at radius 2 is 2.28 bits per heavy atom. The number of halogens is 3. The van der Waals surface area contributed by atoms with Gasteiger partial charge < -0.3 is 10.6 Å². The van der Waals surface area contributed by atoms with Crippen LogP contribution in [0.5, 0.6) is 0 Å². The van der Waals surface area contributed by atoms with Crippen molar-refractivity contribution in [3.05, 3.63) is 12.7 Å². The Labute approximate surface area is 109 Å². The topological polar surface area (TPSA) is 41.1 Å². The summed E-state index contributed by atoms with van der Waals surface area (Å²) in [4.78, 5) is 11.7. The summed E-state index contributed by atoms with van der Waals surface area (Å²) in [6.07, 6.45) is -2.98. The van der Waals surface area contributed by atoms with Crippen molar-refractivity contribution in [2.75, 3.05) is 31.1 Å². The number of hydrogen-bond acceptors (Lipinski definition) is 3. The third-order valence-corrected chi connectivity index (χ3v) is 3.86. The molecule has 0 aromatic carbocycles. The maximum absolute atomic E-state index is 13.0. The Hall–Kier alpha value is -0.690. The lowest BCUT2D eigenvalue weighted by molar-refractivity contribution is -0.215. The molecule has 1 aliphatic heterocycles. The van der Waals surface area contributed by atoms with Crippen LogP contribution in [0.4, 0.5) is 13.2 Å². The van der Waals surface area contributed by atoms with Crippen LogP contribution in [0.15, 0.2) is 12.7 Å². The zero-order valence-corrected chi connectivity index (χ0v) is 10.8. The van der Waals surface area contributed by atoms with Crippen LogP contribution < -0.4 is 10.6 Å². The first-order valence-corrected chi connectivity index (χ1v) is 6.84. The van der Waals surface area contributed by atoms with Crippen molar-refractivity contribution in [2.24, 2.45) is 5.41 Å². The molecule has 0 aromatic heterocycles. The highest BCUT2D eigenvalue weighted by Crippen LogP contribution is 2.43. The van der Waals surface area contributed by atoms with E-state index in [0.717, 1.165) is 5.75 Å². The van der Waals surface area contributed by atoms with Crippen molar-refractivity contribution in [2.45, 2.75) is 12.6 Å². The minimum Gasteiger partial charge on any atom is -0.354 e. The van der Waals surface area contributed by atoms with Crippen LogP contribution in [0.3, 0.4) is 0 Å². The Bertz CT molecular complexity index is 301. The molecule has 0 radical (unpaired) electrons. The third-order valence-electron chi connectivity index (χ3n) is 2.90. The minimum absolute atomic E-state index is 0.192. The molecule has 104 valence electrons. The first-order valence-electron chi connectivity index (χ1n) is 5.68. The summed E-state index contributed by atoms with van der Waals surface area (Å²) in [5, 5.41) is 4.99. The molecule has 2 N–H and O–H groups in total. The molecule has 1 rings (SSSR count). The first-order chi connectivity index (χ1) is 8.44. The van der Waals surface area contributed by atoms with Gasteiger partial charge in [0.15, 0.2) is 5.41 Å². The van der Waals surface area contributed by atoms with Crippen molar-refractivity contribution in [3.63, 3.8) is 0 Å². The number of rotatable bonds is 6. The highest BCUT2D eigenvalue weighted by atomic mass is 32.2. The van der Waals surface area contributed by atoms with Crippen LogP contribution >= 0.6 is 11.8 Å². The average Bonchev–Trinajstić information content (AvgIpc) is 2.78. The largest absolute Gasteiger partial charge is 0.404 e. The Kier molecular flexibility index (Phi) is 5.52. The number of carbonyl (C=O) groups excluding carboxylic acids is 1. The van der Waals surface area contributed by atoms with Gasteiger partial charge in [0.05, 0.1) is 0 Å². The Morgan fingerprint density at radius 3 is 2.78 bits per heavy atom. The molecule has 0 bridgehead atoms. The average molecular weight is 282 g/mol. The number of nitrogens with one attached hydrogen (secondary N) is 2. The standard InChI is InChI=1S/C11H17F3N2OS/c1-2-6-18-7-5-16-9(17)10(11(12,13)14)3-4-15-8-10/h2,15H,1,3-8H2,(H,16,17). The van der Waals surface area contributed by atoms with Gasteiger partial charge in [-0.15, -0.1) is 6.58 Å². The summed E-state index contributed by atoms with van der Waals surface area (Å²) in [7, 11) is 0. The molecular weight excluding hydrogens is 265 g/mol. The van der Waals surface area contributed by atoms with Crippen molar-refractivity contribution in [1.29, 1.82) is 0 Å². The van der Waals surface area contributed by atoms with E-state index in [9.17, 15) is 18.0 Å². The van der Waals surface area contributed by atoms with E-state index >= 15 is 0 Å². The maximum atomic E-state index is 13.0. The molecular formula is C11H17F3N2OS. The smallest absolute Gasteiger partial charge is 0.354 e. The lowest BCUT2D eigenvalue weighted by Crippen LogP contribution is -2.52. The van der Waals surface area contributed by atoms with Crippen molar-refractivity contribution < 1.29 is 18.0 Å². The predicted molar refractivity (Wildman–Crippen MR) is 66.5 cm³/mol. The fourth-order valence-electron chi connectivity index (χ4n) is 1.83. The van der Waals surface area contributed by atoms with Gasteiger partial charge in [-0.25, -0.2) is 0 Å². The van der Waals surface area contributed by atoms with Gasteiger partial charge in [-0.05, 0) is 13.0 Å². The summed E-state index contributed by atoms with van der Waals surface area (Å²) in [6, 6.07) is 0. The first kappa shape index (κ1) is 15.4. The Morgan fingerprint density at radius 1 is 1.56 bits per heavy atom. The fourth-order valence-corrected chi connectivity index (χ4v) is 2.41. The fraction of sp³-hybridized carbons (Fsp3) is 0.727. The zero-order valence-electron chi connectivity index (χ0n) is 9.98. The van der Waals surface area contributed by atoms with Gasteiger partial charge in [0, 0.05) is 24.6 Å². The molecule has 1 heterocycles. The quantitative estimate of drug-likeness (QED) is 0.574. The van der Waals surface area contributed by atoms with Gasteiger partial charge in [0.2, 0.25) is 5.91 Å². The van der Waals surface area contributed by atoms with Crippen LogP contribution in [-0.2, 0) is 4.79 Å². The molecule has 1 aliphatic rings. The molecule has 7 heteroatoms. The predicted octanol–water partition coefficient (Wildman–Crippen LogP) is 1.56. The van der Waals surface area contributed by atoms with Crippen molar-refractivity contribution in [1.82, 2.24) is 10.6 Å². The third kappa shape index (κ3) is 3.41. The lowest BCUT2D eigenvalue weighted by atomic mass is 9.85. The summed E-state index contributed by atoms with van der Waals surface area (Å²) < 4.78 is 38.9. The van der Waals surface area contributed by atoms with E-state index in [0.29, 0.717) is 5.75 Å². The molecule has 0 aliphatic carbocycles. The van der Waals surface area contributed by atoms with E-state index in [1.165, 1.54) is 11.8 Å². The van der Waals surface area contributed by atoms with Gasteiger partial charge in [0.1, 0.15) is 0 Å². The normalized spacial score (nSPS) is 23.9. The second-order valence-corrected chi connectivity index (χ2v) is 5.28. The van der Waals surface area contributed by atoms with Gasteiger partial charge in [0.25, 0.3) is 0 Å². The molecule has 1 fully saturated rings. The summed E-state index contributed by atoms with van der Waals surface area (Å²) >= 11 is 1.51. The van der Waals surface area contributed by atoms with Crippen molar-refractivity contribution >= 4 is 17.7 Å². The van der Waals surface area contributed by atoms with E-state index in [-0.39, 0.29) is 26.1 Å². The second-order valence-electron chi connectivity index (χ2n) is 4.13. The molecule has 18 heavy (non-hydrogen) atoms. The SMILES string of the molecule is C=CCSCCNC(=O)C1(C(F)(F)F)CCNC1. The van der Waals surface area contributed by atoms with Crippen LogP contribution in [0.1, 0.15) is 6.42 Å². The van der Waals surface area contributed by atoms with E-state index in [1.54, 1.807) is 6.08 Å². The van der Waals surface area contributed by atoms with Crippen molar-refractivity contribution in [3.8, 4) is 0 Å². The molecule has 1 amide bonds. The van der Waals surface area contributed by atoms with E-state index in [1.807, 2.05) is 0 Å². The zero-order chi connectivity index (χ0) is 13.6. The lowest BCUT2D eigenvalue weighted by Gasteiger charge is -2.29. The molecule has 0 aromatic rings. The minimum atomic E-state index is -4.51. The Balaban J connectivity index is 2.49. The monoisotopic (exact) mass is 282 g/mol. The van der Waals surface area contributed by atoms with Crippen LogP contribution in [0, 0.1) is 5.41 Å². The molecule has 1 atom stereocenters. The molecule has 1 saturated heterocycles. The van der Waals surface area contributed by atoms with Crippen LogP contribution in [-0.4, -0.2) is 43.2 Å². The van der Waals surface area contributed by atoms with Crippen LogP contribution in [0.25, 0.3) is 0 Å². The molecule has 1 unspecified atom stereocenters. The molecule has 0 saturated carbocycles. The summed E-state index contributed by atoms with van der Waals surface area (Å²) in [6.45, 7) is 3.67. The summed E-state index contributed by atoms with van der Waals surface area (Å²) in [5.74, 6) is 0.389. The van der Waals surface area contributed by atoms with Gasteiger partial charge in [-0.2, -0.15) is 24.9 Å². The number of alkyl halides is 3. The highest BCUT2D eigenvalue weighted by molar-refractivity contribution is 7.99.